The molecule has 1 aromatic heterocycles. The largest absolute Gasteiger partial charge is 0.417 e. The minimum absolute atomic E-state index is 0.0483. The topological polar surface area (TPSA) is 82.6 Å². The first kappa shape index (κ1) is 25.0. The van der Waals surface area contributed by atoms with E-state index in [4.69, 9.17) is 14.5 Å². The monoisotopic (exact) mass is 490 g/mol. The van der Waals surface area contributed by atoms with Gasteiger partial charge >= 0.3 is 6.18 Å². The minimum atomic E-state index is -4.61. The second-order valence-corrected chi connectivity index (χ2v) is 9.60. The highest BCUT2D eigenvalue weighted by Gasteiger charge is 2.50. The van der Waals surface area contributed by atoms with Crippen LogP contribution in [0.25, 0.3) is 0 Å². The predicted octanol–water partition coefficient (Wildman–Crippen LogP) is 4.12. The molecule has 3 heterocycles. The summed E-state index contributed by atoms with van der Waals surface area (Å²) < 4.78 is 51.3. The van der Waals surface area contributed by atoms with E-state index in [9.17, 15) is 18.0 Å². The Balaban J connectivity index is 1.50. The van der Waals surface area contributed by atoms with Crippen LogP contribution in [0, 0.1) is 36.5 Å². The fraction of sp³-hybridized carbons (Fsp3) is 0.560. The number of methoxy groups -OCH3 is 1. The molecule has 7 nitrogen and oxygen atoms in total. The van der Waals surface area contributed by atoms with Gasteiger partial charge in [-0.25, -0.2) is 0 Å². The molecule has 188 valence electrons. The van der Waals surface area contributed by atoms with Gasteiger partial charge in [0.05, 0.1) is 29.5 Å². The fourth-order valence-corrected chi connectivity index (χ4v) is 5.54. The number of likely N-dealkylation sites (tertiary alicyclic amines) is 1. The smallest absolute Gasteiger partial charge is 0.384 e. The van der Waals surface area contributed by atoms with Crippen molar-refractivity contribution in [3.63, 3.8) is 0 Å². The van der Waals surface area contributed by atoms with Crippen LogP contribution in [0.3, 0.4) is 0 Å². The van der Waals surface area contributed by atoms with Crippen molar-refractivity contribution in [2.24, 2.45) is 11.3 Å². The average molecular weight is 491 g/mol. The van der Waals surface area contributed by atoms with Gasteiger partial charge in [-0.3, -0.25) is 4.79 Å². The summed E-state index contributed by atoms with van der Waals surface area (Å²) in [5.41, 5.74) is 0.610. The van der Waals surface area contributed by atoms with Crippen molar-refractivity contribution in [2.75, 3.05) is 44.8 Å². The Kier molecular flexibility index (Phi) is 6.82. The molecule has 1 aromatic carbocycles. The van der Waals surface area contributed by atoms with Gasteiger partial charge in [-0.1, -0.05) is 5.16 Å². The Morgan fingerprint density at radius 3 is 2.74 bits per heavy atom. The highest BCUT2D eigenvalue weighted by Crippen LogP contribution is 2.45. The van der Waals surface area contributed by atoms with E-state index in [-0.39, 0.29) is 22.8 Å². The van der Waals surface area contributed by atoms with Crippen LogP contribution < -0.4 is 4.90 Å². The zero-order chi connectivity index (χ0) is 25.4. The third-order valence-electron chi connectivity index (χ3n) is 7.48. The number of anilines is 1. The number of carbonyl (C=O) groups is 1. The molecule has 2 aliphatic rings. The summed E-state index contributed by atoms with van der Waals surface area (Å²) in [5, 5.41) is 13.0. The second-order valence-electron chi connectivity index (χ2n) is 9.60. The summed E-state index contributed by atoms with van der Waals surface area (Å²) in [4.78, 5) is 16.8. The molecule has 10 heteroatoms. The van der Waals surface area contributed by atoms with Gasteiger partial charge in [0.25, 0.3) is 0 Å². The van der Waals surface area contributed by atoms with Crippen LogP contribution in [0.15, 0.2) is 22.7 Å². The molecule has 2 saturated heterocycles. The number of fused-ring (bicyclic) bond motifs is 1. The van der Waals surface area contributed by atoms with E-state index < -0.39 is 11.7 Å². The number of amides is 1. The Morgan fingerprint density at radius 1 is 1.34 bits per heavy atom. The molecule has 0 spiro atoms. The van der Waals surface area contributed by atoms with Crippen molar-refractivity contribution in [1.82, 2.24) is 10.1 Å². The van der Waals surface area contributed by atoms with Crippen LogP contribution in [-0.4, -0.2) is 55.9 Å². The lowest BCUT2D eigenvalue weighted by atomic mass is 9.73. The van der Waals surface area contributed by atoms with Crippen molar-refractivity contribution >= 4 is 11.6 Å². The molecule has 0 bridgehead atoms. The number of nitriles is 1. The lowest BCUT2D eigenvalue weighted by molar-refractivity contribution is -0.138. The first-order chi connectivity index (χ1) is 16.6. The summed E-state index contributed by atoms with van der Waals surface area (Å²) in [6.07, 6.45) is -2.99. The Labute approximate surface area is 202 Å². The van der Waals surface area contributed by atoms with E-state index in [0.29, 0.717) is 57.7 Å². The van der Waals surface area contributed by atoms with E-state index in [0.717, 1.165) is 23.1 Å². The van der Waals surface area contributed by atoms with Crippen molar-refractivity contribution in [3.8, 4) is 6.07 Å². The molecule has 2 fully saturated rings. The number of hydrogen-bond acceptors (Lipinski definition) is 6. The van der Waals surface area contributed by atoms with Crippen LogP contribution in [0.1, 0.15) is 41.0 Å². The maximum atomic E-state index is 13.5. The van der Waals surface area contributed by atoms with Gasteiger partial charge in [-0.15, -0.1) is 0 Å². The molecule has 4 rings (SSSR count). The minimum Gasteiger partial charge on any atom is -0.384 e. The van der Waals surface area contributed by atoms with Crippen LogP contribution >= 0.6 is 0 Å². The molecule has 0 aliphatic carbocycles. The van der Waals surface area contributed by atoms with Gasteiger partial charge in [0.2, 0.25) is 5.91 Å². The van der Waals surface area contributed by atoms with Gasteiger partial charge in [0.15, 0.2) is 0 Å². The Bertz CT molecular complexity index is 1120. The van der Waals surface area contributed by atoms with Gasteiger partial charge < -0.3 is 19.1 Å². The van der Waals surface area contributed by atoms with Crippen LogP contribution in [-0.2, 0) is 22.1 Å². The third-order valence-corrected chi connectivity index (χ3v) is 7.48. The number of hydrogen-bond donors (Lipinski definition) is 0. The standard InChI is InChI=1S/C25H29F3N4O3/c1-16-21(17(2)35-30-16)6-7-23(33)31-9-8-24(15-34-3)14-32(13-19(24)12-31)20-5-4-18(11-29)22(10-20)25(26,27)28/h4-5,10,19H,6-9,12-15H2,1-3H3. The van der Waals surface area contributed by atoms with Gasteiger partial charge in [0.1, 0.15) is 5.76 Å². The molecular weight excluding hydrogens is 461 g/mol. The van der Waals surface area contributed by atoms with Gasteiger partial charge in [0, 0.05) is 62.3 Å². The summed E-state index contributed by atoms with van der Waals surface area (Å²) in [7, 11) is 1.62. The maximum Gasteiger partial charge on any atom is 0.417 e. The number of rotatable bonds is 6. The Hall–Kier alpha value is -3.06. The lowest BCUT2D eigenvalue weighted by Crippen LogP contribution is -2.50. The number of nitrogens with zero attached hydrogens (tertiary/aromatic N) is 4. The van der Waals surface area contributed by atoms with Crippen LogP contribution in [0.5, 0.6) is 0 Å². The third kappa shape index (κ3) is 4.87. The molecule has 1 amide bonds. The SMILES string of the molecule is COCC12CCN(C(=O)CCc3c(C)noc3C)CC1CN(c1ccc(C#N)c(C(F)(F)F)c1)C2. The quantitative estimate of drug-likeness (QED) is 0.606. The molecule has 0 radical (unpaired) electrons. The molecule has 2 atom stereocenters. The number of aromatic nitrogens is 1. The first-order valence-corrected chi connectivity index (χ1v) is 11.6. The second kappa shape index (κ2) is 9.53. The number of ether oxygens (including phenoxy) is 1. The predicted molar refractivity (Wildman–Crippen MR) is 122 cm³/mol. The highest BCUT2D eigenvalue weighted by atomic mass is 19.4. The van der Waals surface area contributed by atoms with Gasteiger partial charge in [-0.2, -0.15) is 18.4 Å². The number of aryl methyl sites for hydroxylation is 2. The van der Waals surface area contributed by atoms with Crippen LogP contribution in [0.4, 0.5) is 18.9 Å². The van der Waals surface area contributed by atoms with E-state index in [2.05, 4.69) is 5.16 Å². The van der Waals surface area contributed by atoms with E-state index >= 15 is 0 Å². The van der Waals surface area contributed by atoms with Crippen molar-refractivity contribution < 1.29 is 27.2 Å². The van der Waals surface area contributed by atoms with E-state index in [1.54, 1.807) is 19.2 Å². The summed E-state index contributed by atoms with van der Waals surface area (Å²) in [5.74, 6) is 0.830. The van der Waals surface area contributed by atoms with E-state index in [1.807, 2.05) is 23.6 Å². The van der Waals surface area contributed by atoms with Crippen molar-refractivity contribution in [1.29, 1.82) is 5.26 Å². The molecule has 0 N–H and O–H groups in total. The zero-order valence-corrected chi connectivity index (χ0v) is 20.1. The maximum absolute atomic E-state index is 13.5. The van der Waals surface area contributed by atoms with Gasteiger partial charge in [-0.05, 0) is 44.9 Å². The number of halogens is 3. The lowest BCUT2D eigenvalue weighted by Gasteiger charge is -2.43. The van der Waals surface area contributed by atoms with Crippen LogP contribution in [0.2, 0.25) is 0 Å². The molecule has 35 heavy (non-hydrogen) atoms. The zero-order valence-electron chi connectivity index (χ0n) is 20.1. The molecular formula is C25H29F3N4O3. The number of benzene rings is 1. The summed E-state index contributed by atoms with van der Waals surface area (Å²) >= 11 is 0. The normalized spacial score (nSPS) is 22.3. The number of carbonyl (C=O) groups excluding carboxylic acids is 1. The molecule has 0 saturated carbocycles. The number of piperidine rings is 1. The average Bonchev–Trinajstić information content (AvgIpc) is 3.35. The number of alkyl halides is 3. The first-order valence-electron chi connectivity index (χ1n) is 11.6. The highest BCUT2D eigenvalue weighted by molar-refractivity contribution is 5.76. The van der Waals surface area contributed by atoms with E-state index in [1.165, 1.54) is 6.07 Å². The summed E-state index contributed by atoms with van der Waals surface area (Å²) in [6.45, 7) is 6.32. The van der Waals surface area contributed by atoms with Crippen molar-refractivity contribution in [2.45, 2.75) is 39.3 Å². The summed E-state index contributed by atoms with van der Waals surface area (Å²) in [6, 6.07) is 5.49. The fourth-order valence-electron chi connectivity index (χ4n) is 5.54. The molecule has 2 unspecified atom stereocenters. The molecule has 2 aromatic rings. The molecule has 2 aliphatic heterocycles. The Morgan fingerprint density at radius 2 is 2.11 bits per heavy atom. The van der Waals surface area contributed by atoms with Crippen molar-refractivity contribution in [3.05, 3.63) is 46.3 Å².